The second-order valence-electron chi connectivity index (χ2n) is 5.06. The Hall–Kier alpha value is -1.77. The van der Waals surface area contributed by atoms with E-state index in [-0.39, 0.29) is 18.0 Å². The van der Waals surface area contributed by atoms with E-state index in [2.05, 4.69) is 0 Å². The third kappa shape index (κ3) is 2.67. The largest absolute Gasteiger partial charge is 0.454 e. The molecule has 1 heterocycles. The first-order valence-corrected chi connectivity index (χ1v) is 5.59. The third-order valence-electron chi connectivity index (χ3n) is 2.56. The molecule has 1 aromatic carbocycles. The maximum absolute atomic E-state index is 11.7. The van der Waals surface area contributed by atoms with Gasteiger partial charge in [-0.15, -0.1) is 0 Å². The molecule has 0 saturated heterocycles. The normalized spacial score (nSPS) is 14.3. The molecular weight excluding hydrogens is 216 g/mol. The molecule has 0 atom stereocenters. The van der Waals surface area contributed by atoms with E-state index in [1.165, 1.54) is 0 Å². The summed E-state index contributed by atoms with van der Waals surface area (Å²) in [7, 11) is 0. The number of hydrogen-bond donors (Lipinski definition) is 0. The number of hydrogen-bond acceptors (Lipinski definition) is 3. The maximum Gasteiger partial charge on any atom is 0.231 e. The van der Waals surface area contributed by atoms with E-state index in [1.807, 2.05) is 39.0 Å². The van der Waals surface area contributed by atoms with Crippen molar-refractivity contribution in [1.82, 2.24) is 0 Å². The second kappa shape index (κ2) is 4.24. The number of carbonyl (C=O) groups excluding carboxylic acids is 1. The van der Waals surface area contributed by atoms with Gasteiger partial charge in [0, 0.05) is 5.41 Å². The number of fused-ring (bicyclic) bond motifs is 1. The first-order chi connectivity index (χ1) is 7.97. The third-order valence-corrected chi connectivity index (χ3v) is 2.56. The van der Waals surface area contributed by atoms with Crippen LogP contribution in [0, 0.1) is 5.41 Å². The Morgan fingerprint density at radius 1 is 1.24 bits per heavy atom. The first-order valence-electron chi connectivity index (χ1n) is 5.59. The smallest absolute Gasteiger partial charge is 0.231 e. The summed E-state index contributed by atoms with van der Waals surface area (Å²) in [6.45, 7) is 5.97. The highest BCUT2D eigenvalue weighted by Crippen LogP contribution is 2.32. The van der Waals surface area contributed by atoms with Gasteiger partial charge in [0.15, 0.2) is 17.3 Å². The minimum Gasteiger partial charge on any atom is -0.454 e. The number of rotatable bonds is 2. The molecule has 0 fully saturated rings. The molecule has 3 heteroatoms. The molecule has 0 aromatic heterocycles. The first kappa shape index (κ1) is 11.7. The van der Waals surface area contributed by atoms with Gasteiger partial charge in [-0.2, -0.15) is 0 Å². The van der Waals surface area contributed by atoms with Gasteiger partial charge in [0.2, 0.25) is 6.79 Å². The summed E-state index contributed by atoms with van der Waals surface area (Å²) in [6.07, 6.45) is 3.41. The van der Waals surface area contributed by atoms with Crippen molar-refractivity contribution in [1.29, 1.82) is 0 Å². The van der Waals surface area contributed by atoms with Gasteiger partial charge in [0.1, 0.15) is 0 Å². The molecule has 0 amide bonds. The van der Waals surface area contributed by atoms with E-state index in [1.54, 1.807) is 12.2 Å². The van der Waals surface area contributed by atoms with Crippen LogP contribution in [0.4, 0.5) is 0 Å². The minimum absolute atomic E-state index is 0.107. The molecule has 3 nitrogen and oxygen atoms in total. The summed E-state index contributed by atoms with van der Waals surface area (Å²) in [5.74, 6) is 1.59. The van der Waals surface area contributed by atoms with Crippen molar-refractivity contribution >= 4 is 11.9 Å². The lowest BCUT2D eigenvalue weighted by Gasteiger charge is -2.12. The van der Waals surface area contributed by atoms with Crippen molar-refractivity contribution in [2.45, 2.75) is 20.8 Å². The van der Waals surface area contributed by atoms with Crippen LogP contribution in [0.25, 0.3) is 6.08 Å². The highest BCUT2D eigenvalue weighted by Gasteiger charge is 2.18. The van der Waals surface area contributed by atoms with Gasteiger partial charge in [-0.05, 0) is 23.8 Å². The summed E-state index contributed by atoms with van der Waals surface area (Å²) >= 11 is 0. The van der Waals surface area contributed by atoms with Crippen molar-refractivity contribution in [2.24, 2.45) is 5.41 Å². The van der Waals surface area contributed by atoms with E-state index in [4.69, 9.17) is 9.47 Å². The van der Waals surface area contributed by atoms with Gasteiger partial charge in [0.25, 0.3) is 0 Å². The monoisotopic (exact) mass is 232 g/mol. The van der Waals surface area contributed by atoms with E-state index in [0.717, 1.165) is 17.1 Å². The van der Waals surface area contributed by atoms with Crippen LogP contribution in [-0.2, 0) is 4.79 Å². The van der Waals surface area contributed by atoms with Gasteiger partial charge in [-0.25, -0.2) is 0 Å². The van der Waals surface area contributed by atoms with Crippen LogP contribution in [0.2, 0.25) is 0 Å². The van der Waals surface area contributed by atoms with E-state index >= 15 is 0 Å². The van der Waals surface area contributed by atoms with Crippen LogP contribution < -0.4 is 9.47 Å². The molecule has 1 aliphatic heterocycles. The summed E-state index contributed by atoms with van der Waals surface area (Å²) in [5, 5.41) is 0. The Morgan fingerprint density at radius 3 is 2.65 bits per heavy atom. The molecule has 1 aliphatic rings. The molecule has 0 N–H and O–H groups in total. The standard InChI is InChI=1S/C14H16O3/c1-14(2,3)13(15)7-5-10-4-6-11-12(8-10)17-9-16-11/h4-8H,9H2,1-3H3/b7-5-. The molecular formula is C14H16O3. The zero-order valence-electron chi connectivity index (χ0n) is 10.3. The fraction of sp³-hybridized carbons (Fsp3) is 0.357. The fourth-order valence-corrected chi connectivity index (χ4v) is 1.44. The second-order valence-corrected chi connectivity index (χ2v) is 5.06. The quantitative estimate of drug-likeness (QED) is 0.735. The number of carbonyl (C=O) groups is 1. The number of allylic oxidation sites excluding steroid dienone is 1. The van der Waals surface area contributed by atoms with Crippen molar-refractivity contribution in [3.8, 4) is 11.5 Å². The Labute approximate surface area is 101 Å². The van der Waals surface area contributed by atoms with E-state index in [0.29, 0.717) is 0 Å². The van der Waals surface area contributed by atoms with Gasteiger partial charge in [-0.1, -0.05) is 32.9 Å². The van der Waals surface area contributed by atoms with Crippen molar-refractivity contribution in [3.05, 3.63) is 29.8 Å². The maximum atomic E-state index is 11.7. The average Bonchev–Trinajstić information content (AvgIpc) is 2.71. The number of ether oxygens (including phenoxy) is 2. The molecule has 0 aliphatic carbocycles. The van der Waals surface area contributed by atoms with Crippen LogP contribution in [0.15, 0.2) is 24.3 Å². The van der Waals surface area contributed by atoms with Crippen LogP contribution in [0.1, 0.15) is 26.3 Å². The minimum atomic E-state index is -0.340. The summed E-state index contributed by atoms with van der Waals surface area (Å²) in [5.41, 5.74) is 0.596. The van der Waals surface area contributed by atoms with Gasteiger partial charge < -0.3 is 9.47 Å². The van der Waals surface area contributed by atoms with Crippen LogP contribution in [0.5, 0.6) is 11.5 Å². The zero-order valence-corrected chi connectivity index (χ0v) is 10.3. The molecule has 0 spiro atoms. The lowest BCUT2D eigenvalue weighted by atomic mass is 9.90. The van der Waals surface area contributed by atoms with Crippen molar-refractivity contribution in [3.63, 3.8) is 0 Å². The van der Waals surface area contributed by atoms with E-state index in [9.17, 15) is 4.79 Å². The highest BCUT2D eigenvalue weighted by atomic mass is 16.7. The highest BCUT2D eigenvalue weighted by molar-refractivity contribution is 5.97. The van der Waals surface area contributed by atoms with Crippen molar-refractivity contribution < 1.29 is 14.3 Å². The summed E-state index contributed by atoms with van der Waals surface area (Å²) in [6, 6.07) is 5.62. The fourth-order valence-electron chi connectivity index (χ4n) is 1.44. The SMILES string of the molecule is CC(C)(C)C(=O)/C=C\c1ccc2c(c1)OCO2. The Morgan fingerprint density at radius 2 is 1.94 bits per heavy atom. The van der Waals surface area contributed by atoms with Crippen LogP contribution in [-0.4, -0.2) is 12.6 Å². The molecule has 2 rings (SSSR count). The Kier molecular flexibility index (Phi) is 2.92. The van der Waals surface area contributed by atoms with Gasteiger partial charge in [-0.3, -0.25) is 4.79 Å². The molecule has 0 unspecified atom stereocenters. The molecule has 17 heavy (non-hydrogen) atoms. The average molecular weight is 232 g/mol. The predicted octanol–water partition coefficient (Wildman–Crippen LogP) is 3.04. The zero-order chi connectivity index (χ0) is 12.5. The Balaban J connectivity index is 2.14. The lowest BCUT2D eigenvalue weighted by molar-refractivity contribution is -0.121. The molecule has 90 valence electrons. The predicted molar refractivity (Wildman–Crippen MR) is 66.1 cm³/mol. The summed E-state index contributed by atoms with van der Waals surface area (Å²) in [4.78, 5) is 11.7. The molecule has 1 aromatic rings. The lowest BCUT2D eigenvalue weighted by Crippen LogP contribution is -2.17. The van der Waals surface area contributed by atoms with Gasteiger partial charge >= 0.3 is 0 Å². The number of ketones is 1. The Bertz CT molecular complexity index is 467. The van der Waals surface area contributed by atoms with Crippen LogP contribution >= 0.6 is 0 Å². The molecule has 0 saturated carbocycles. The van der Waals surface area contributed by atoms with Crippen molar-refractivity contribution in [2.75, 3.05) is 6.79 Å². The molecule has 0 bridgehead atoms. The van der Waals surface area contributed by atoms with Crippen LogP contribution in [0.3, 0.4) is 0 Å². The number of benzene rings is 1. The molecule has 0 radical (unpaired) electrons. The topological polar surface area (TPSA) is 35.5 Å². The van der Waals surface area contributed by atoms with Gasteiger partial charge in [0.05, 0.1) is 0 Å². The van der Waals surface area contributed by atoms with E-state index < -0.39 is 0 Å². The summed E-state index contributed by atoms with van der Waals surface area (Å²) < 4.78 is 10.5.